The molecule has 1 atom stereocenters. The second-order valence-corrected chi connectivity index (χ2v) is 3.80. The van der Waals surface area contributed by atoms with Gasteiger partial charge in [-0.3, -0.25) is 4.98 Å². The van der Waals surface area contributed by atoms with Crippen molar-refractivity contribution in [3.63, 3.8) is 0 Å². The van der Waals surface area contributed by atoms with Crippen molar-refractivity contribution in [2.75, 3.05) is 0 Å². The van der Waals surface area contributed by atoms with Crippen LogP contribution in [-0.4, -0.2) is 11.0 Å². The van der Waals surface area contributed by atoms with Crippen LogP contribution in [-0.2, 0) is 6.42 Å². The molecule has 2 nitrogen and oxygen atoms in total. The number of nitrogens with zero attached hydrogens (tertiary/aromatic N) is 1. The molecule has 0 aliphatic rings. The summed E-state index contributed by atoms with van der Waals surface area (Å²) < 4.78 is 0. The van der Waals surface area contributed by atoms with Crippen LogP contribution in [0.25, 0.3) is 0 Å². The lowest BCUT2D eigenvalue weighted by atomic mass is 10.0. The summed E-state index contributed by atoms with van der Waals surface area (Å²) in [6.07, 6.45) is 9.49. The van der Waals surface area contributed by atoms with Gasteiger partial charge in [0.25, 0.3) is 0 Å². The Labute approximate surface area is 86.5 Å². The van der Waals surface area contributed by atoms with E-state index in [1.807, 2.05) is 12.4 Å². The third-order valence-electron chi connectivity index (χ3n) is 2.48. The molecule has 0 aromatic carbocycles. The van der Waals surface area contributed by atoms with Gasteiger partial charge in [0.1, 0.15) is 0 Å². The van der Waals surface area contributed by atoms with Crippen molar-refractivity contribution >= 4 is 0 Å². The second-order valence-electron chi connectivity index (χ2n) is 3.80. The molecule has 0 saturated carbocycles. The van der Waals surface area contributed by atoms with Gasteiger partial charge in [-0.25, -0.2) is 0 Å². The lowest BCUT2D eigenvalue weighted by Gasteiger charge is -2.10. The van der Waals surface area contributed by atoms with E-state index in [9.17, 15) is 0 Å². The van der Waals surface area contributed by atoms with E-state index >= 15 is 0 Å². The SMILES string of the molecule is CCCCC(N)CCc1ccncc1. The topological polar surface area (TPSA) is 38.9 Å². The van der Waals surface area contributed by atoms with Gasteiger partial charge in [0, 0.05) is 18.4 Å². The molecular weight excluding hydrogens is 172 g/mol. The van der Waals surface area contributed by atoms with Gasteiger partial charge in [0.15, 0.2) is 0 Å². The van der Waals surface area contributed by atoms with Crippen LogP contribution < -0.4 is 5.73 Å². The van der Waals surface area contributed by atoms with Crippen LogP contribution in [0.1, 0.15) is 38.2 Å². The highest BCUT2D eigenvalue weighted by atomic mass is 14.6. The number of aryl methyl sites for hydroxylation is 1. The highest BCUT2D eigenvalue weighted by molar-refractivity contribution is 5.09. The summed E-state index contributed by atoms with van der Waals surface area (Å²) in [6.45, 7) is 2.20. The van der Waals surface area contributed by atoms with Gasteiger partial charge >= 0.3 is 0 Å². The molecule has 0 spiro atoms. The lowest BCUT2D eigenvalue weighted by molar-refractivity contribution is 0.541. The van der Waals surface area contributed by atoms with Crippen LogP contribution in [0.5, 0.6) is 0 Å². The van der Waals surface area contributed by atoms with Crippen LogP contribution in [0.3, 0.4) is 0 Å². The van der Waals surface area contributed by atoms with Crippen LogP contribution in [0.4, 0.5) is 0 Å². The zero-order chi connectivity index (χ0) is 10.2. The average molecular weight is 192 g/mol. The molecule has 0 fully saturated rings. The standard InChI is InChI=1S/C12H20N2/c1-2-3-4-12(13)6-5-11-7-9-14-10-8-11/h7-10,12H,2-6,13H2,1H3. The Morgan fingerprint density at radius 1 is 1.29 bits per heavy atom. The van der Waals surface area contributed by atoms with Crippen LogP contribution in [0, 0.1) is 0 Å². The normalized spacial score (nSPS) is 12.7. The van der Waals surface area contributed by atoms with Gasteiger partial charge < -0.3 is 5.73 Å². The average Bonchev–Trinajstić information content (AvgIpc) is 2.25. The minimum atomic E-state index is 0.364. The van der Waals surface area contributed by atoms with Crippen molar-refractivity contribution < 1.29 is 0 Å². The van der Waals surface area contributed by atoms with E-state index in [2.05, 4.69) is 24.0 Å². The molecule has 1 aromatic heterocycles. The van der Waals surface area contributed by atoms with Gasteiger partial charge in [0.2, 0.25) is 0 Å². The quantitative estimate of drug-likeness (QED) is 0.752. The first kappa shape index (κ1) is 11.2. The molecule has 2 N–H and O–H groups in total. The Hall–Kier alpha value is -0.890. The van der Waals surface area contributed by atoms with Crippen LogP contribution in [0.15, 0.2) is 24.5 Å². The summed E-state index contributed by atoms with van der Waals surface area (Å²) in [5, 5.41) is 0. The van der Waals surface area contributed by atoms with E-state index in [4.69, 9.17) is 5.73 Å². The van der Waals surface area contributed by atoms with E-state index in [1.54, 1.807) is 0 Å². The molecule has 1 unspecified atom stereocenters. The zero-order valence-electron chi connectivity index (χ0n) is 8.95. The number of rotatable bonds is 6. The molecule has 1 heterocycles. The fourth-order valence-electron chi connectivity index (χ4n) is 1.51. The lowest BCUT2D eigenvalue weighted by Crippen LogP contribution is -2.20. The maximum absolute atomic E-state index is 5.99. The first-order chi connectivity index (χ1) is 6.83. The van der Waals surface area contributed by atoms with Crippen molar-refractivity contribution in [2.45, 2.75) is 45.1 Å². The number of unbranched alkanes of at least 4 members (excludes halogenated alkanes) is 1. The molecule has 0 aliphatic carbocycles. The number of aromatic nitrogens is 1. The molecule has 0 saturated heterocycles. The molecular formula is C12H20N2. The predicted octanol–water partition coefficient (Wildman–Crippen LogP) is 2.53. The van der Waals surface area contributed by atoms with Gasteiger partial charge in [-0.1, -0.05) is 19.8 Å². The number of hydrogen-bond acceptors (Lipinski definition) is 2. The Morgan fingerprint density at radius 3 is 2.64 bits per heavy atom. The van der Waals surface area contributed by atoms with Crippen molar-refractivity contribution in [1.29, 1.82) is 0 Å². The second kappa shape index (κ2) is 6.55. The van der Waals surface area contributed by atoms with Gasteiger partial charge in [-0.05, 0) is 37.0 Å². The molecule has 1 aromatic rings. The van der Waals surface area contributed by atoms with E-state index in [0.717, 1.165) is 19.3 Å². The number of nitrogens with two attached hydrogens (primary N) is 1. The summed E-state index contributed by atoms with van der Waals surface area (Å²) in [6, 6.07) is 4.49. The van der Waals surface area contributed by atoms with Crippen LogP contribution >= 0.6 is 0 Å². The van der Waals surface area contributed by atoms with Gasteiger partial charge in [0.05, 0.1) is 0 Å². The zero-order valence-corrected chi connectivity index (χ0v) is 8.95. The Morgan fingerprint density at radius 2 is 2.00 bits per heavy atom. The van der Waals surface area contributed by atoms with Gasteiger partial charge in [-0.15, -0.1) is 0 Å². The Kier molecular flexibility index (Phi) is 5.23. The fourth-order valence-corrected chi connectivity index (χ4v) is 1.51. The van der Waals surface area contributed by atoms with E-state index in [1.165, 1.54) is 18.4 Å². The van der Waals surface area contributed by atoms with Crippen molar-refractivity contribution in [2.24, 2.45) is 5.73 Å². The molecule has 2 heteroatoms. The third kappa shape index (κ3) is 4.38. The molecule has 0 bridgehead atoms. The first-order valence-corrected chi connectivity index (χ1v) is 5.47. The number of pyridine rings is 1. The highest BCUT2D eigenvalue weighted by Gasteiger charge is 2.01. The predicted molar refractivity (Wildman–Crippen MR) is 60.1 cm³/mol. The van der Waals surface area contributed by atoms with E-state index < -0.39 is 0 Å². The minimum absolute atomic E-state index is 0.364. The Balaban J connectivity index is 2.20. The smallest absolute Gasteiger partial charge is 0.0270 e. The third-order valence-corrected chi connectivity index (χ3v) is 2.48. The van der Waals surface area contributed by atoms with Crippen molar-refractivity contribution in [3.8, 4) is 0 Å². The molecule has 1 rings (SSSR count). The fraction of sp³-hybridized carbons (Fsp3) is 0.583. The Bertz CT molecular complexity index is 233. The van der Waals surface area contributed by atoms with Crippen molar-refractivity contribution in [3.05, 3.63) is 30.1 Å². The maximum Gasteiger partial charge on any atom is 0.0270 e. The summed E-state index contributed by atoms with van der Waals surface area (Å²) in [5.74, 6) is 0. The molecule has 0 aliphatic heterocycles. The van der Waals surface area contributed by atoms with Gasteiger partial charge in [-0.2, -0.15) is 0 Å². The summed E-state index contributed by atoms with van der Waals surface area (Å²) >= 11 is 0. The van der Waals surface area contributed by atoms with E-state index in [-0.39, 0.29) is 0 Å². The first-order valence-electron chi connectivity index (χ1n) is 5.47. The van der Waals surface area contributed by atoms with Crippen molar-refractivity contribution in [1.82, 2.24) is 4.98 Å². The minimum Gasteiger partial charge on any atom is -0.328 e. The van der Waals surface area contributed by atoms with E-state index in [0.29, 0.717) is 6.04 Å². The highest BCUT2D eigenvalue weighted by Crippen LogP contribution is 2.07. The molecule has 0 amide bonds. The largest absolute Gasteiger partial charge is 0.328 e. The maximum atomic E-state index is 5.99. The monoisotopic (exact) mass is 192 g/mol. The summed E-state index contributed by atoms with van der Waals surface area (Å²) in [7, 11) is 0. The number of hydrogen-bond donors (Lipinski definition) is 1. The molecule has 78 valence electrons. The summed E-state index contributed by atoms with van der Waals surface area (Å²) in [4.78, 5) is 3.99. The molecule has 14 heavy (non-hydrogen) atoms. The summed E-state index contributed by atoms with van der Waals surface area (Å²) in [5.41, 5.74) is 7.33. The molecule has 0 radical (unpaired) electrons. The van der Waals surface area contributed by atoms with Crippen LogP contribution in [0.2, 0.25) is 0 Å².